The van der Waals surface area contributed by atoms with Gasteiger partial charge < -0.3 is 16.0 Å². The zero-order valence-corrected chi connectivity index (χ0v) is 17.5. The second kappa shape index (κ2) is 10.2. The zero-order chi connectivity index (χ0) is 24.0. The zero-order valence-electron chi connectivity index (χ0n) is 17.5. The van der Waals surface area contributed by atoms with Crippen LogP contribution < -0.4 is 16.0 Å². The number of alkyl halides is 3. The lowest BCUT2D eigenvalue weighted by Crippen LogP contribution is -2.29. The van der Waals surface area contributed by atoms with Crippen LogP contribution >= 0.6 is 0 Å². The van der Waals surface area contributed by atoms with Crippen molar-refractivity contribution in [2.75, 3.05) is 23.3 Å². The average molecular weight is 461 g/mol. The summed E-state index contributed by atoms with van der Waals surface area (Å²) < 4.78 is 38.4. The molecule has 0 saturated carbocycles. The van der Waals surface area contributed by atoms with Crippen molar-refractivity contribution in [2.24, 2.45) is 10.7 Å². The molecule has 0 atom stereocenters. The molecular formula is C22H22F3N5O3. The molecule has 11 heteroatoms. The van der Waals surface area contributed by atoms with Gasteiger partial charge in [0.1, 0.15) is 11.4 Å². The molecule has 2 aromatic carbocycles. The minimum Gasteiger partial charge on any atom is -0.384 e. The van der Waals surface area contributed by atoms with Crippen molar-refractivity contribution in [1.29, 1.82) is 0 Å². The number of nitrogens with one attached hydrogen (secondary N) is 1. The fourth-order valence-electron chi connectivity index (χ4n) is 3.43. The number of piperidine rings is 1. The molecule has 33 heavy (non-hydrogen) atoms. The normalized spacial score (nSPS) is 15.0. The van der Waals surface area contributed by atoms with E-state index in [1.54, 1.807) is 6.07 Å². The summed E-state index contributed by atoms with van der Waals surface area (Å²) in [5, 5.41) is 14.0. The molecule has 3 N–H and O–H groups in total. The van der Waals surface area contributed by atoms with Crippen LogP contribution in [0.25, 0.3) is 0 Å². The standard InChI is InChI=1S/C22H22F3N5O3/c23-22(24,25)15-5-4-6-16(13-15)27-10-9-20(26)28-21(31)18-14-17(7-8-19(18)30(32)33)29-11-2-1-3-12-29/h4-10,13-14,27H,1-3,11-12H2,(H2,26,28,31)/b10-9-. The molecule has 2 aromatic rings. The molecule has 1 heterocycles. The largest absolute Gasteiger partial charge is 0.416 e. The number of nitro groups is 1. The maximum absolute atomic E-state index is 12.8. The molecular weight excluding hydrogens is 439 g/mol. The highest BCUT2D eigenvalue weighted by Crippen LogP contribution is 2.31. The number of carbonyl (C=O) groups is 1. The van der Waals surface area contributed by atoms with Gasteiger partial charge in [0, 0.05) is 36.7 Å². The van der Waals surface area contributed by atoms with Gasteiger partial charge in [-0.1, -0.05) is 6.07 Å². The summed E-state index contributed by atoms with van der Waals surface area (Å²) >= 11 is 0. The Bertz CT molecular complexity index is 1090. The Hall–Kier alpha value is -3.89. The Kier molecular flexibility index (Phi) is 7.31. The van der Waals surface area contributed by atoms with Gasteiger partial charge in [-0.2, -0.15) is 18.2 Å². The van der Waals surface area contributed by atoms with E-state index in [1.807, 2.05) is 0 Å². The average Bonchev–Trinajstić information content (AvgIpc) is 2.79. The first-order valence-electron chi connectivity index (χ1n) is 10.2. The number of hydrogen-bond donors (Lipinski definition) is 2. The summed E-state index contributed by atoms with van der Waals surface area (Å²) in [4.78, 5) is 29.1. The first-order valence-corrected chi connectivity index (χ1v) is 10.2. The summed E-state index contributed by atoms with van der Waals surface area (Å²) in [5.74, 6) is -1.15. The van der Waals surface area contributed by atoms with Gasteiger partial charge in [-0.25, -0.2) is 0 Å². The van der Waals surface area contributed by atoms with E-state index in [-0.39, 0.29) is 22.8 Å². The van der Waals surface area contributed by atoms with Crippen LogP contribution in [-0.4, -0.2) is 29.8 Å². The van der Waals surface area contributed by atoms with E-state index in [0.717, 1.165) is 44.5 Å². The van der Waals surface area contributed by atoms with Crippen molar-refractivity contribution in [3.05, 3.63) is 76.0 Å². The van der Waals surface area contributed by atoms with E-state index in [1.165, 1.54) is 36.5 Å². The minimum absolute atomic E-state index is 0.157. The van der Waals surface area contributed by atoms with Crippen molar-refractivity contribution in [2.45, 2.75) is 25.4 Å². The number of nitro benzene ring substituents is 1. The van der Waals surface area contributed by atoms with E-state index >= 15 is 0 Å². The number of aliphatic imine (C=N–C) groups is 1. The molecule has 8 nitrogen and oxygen atoms in total. The molecule has 0 aliphatic carbocycles. The molecule has 1 amide bonds. The van der Waals surface area contributed by atoms with Gasteiger partial charge in [-0.05, 0) is 55.7 Å². The molecule has 0 spiro atoms. The molecule has 0 radical (unpaired) electrons. The third kappa shape index (κ3) is 6.31. The molecule has 174 valence electrons. The molecule has 0 unspecified atom stereocenters. The van der Waals surface area contributed by atoms with Gasteiger partial charge in [-0.3, -0.25) is 14.9 Å². The summed E-state index contributed by atoms with van der Waals surface area (Å²) in [5.41, 5.74) is 5.18. The number of halogens is 3. The maximum atomic E-state index is 12.8. The highest BCUT2D eigenvalue weighted by molar-refractivity contribution is 6.08. The number of amidine groups is 1. The van der Waals surface area contributed by atoms with Crippen LogP contribution in [0.3, 0.4) is 0 Å². The van der Waals surface area contributed by atoms with Gasteiger partial charge in [0.25, 0.3) is 11.6 Å². The van der Waals surface area contributed by atoms with Crippen molar-refractivity contribution in [3.8, 4) is 0 Å². The Morgan fingerprint density at radius 1 is 1.15 bits per heavy atom. The van der Waals surface area contributed by atoms with E-state index < -0.39 is 22.6 Å². The summed E-state index contributed by atoms with van der Waals surface area (Å²) in [7, 11) is 0. The second-order valence-electron chi connectivity index (χ2n) is 7.40. The van der Waals surface area contributed by atoms with E-state index in [4.69, 9.17) is 5.73 Å². The molecule has 3 rings (SSSR count). The Morgan fingerprint density at radius 2 is 1.88 bits per heavy atom. The molecule has 0 bridgehead atoms. The van der Waals surface area contributed by atoms with Gasteiger partial charge in [0.2, 0.25) is 0 Å². The minimum atomic E-state index is -4.48. The predicted molar refractivity (Wildman–Crippen MR) is 119 cm³/mol. The molecule has 0 aromatic heterocycles. The van der Waals surface area contributed by atoms with Gasteiger partial charge in [0.05, 0.1) is 10.5 Å². The first kappa shape index (κ1) is 23.8. The van der Waals surface area contributed by atoms with Crippen LogP contribution in [0.5, 0.6) is 0 Å². The number of amides is 1. The van der Waals surface area contributed by atoms with Crippen molar-refractivity contribution in [1.82, 2.24) is 0 Å². The fraction of sp³-hybridized carbons (Fsp3) is 0.273. The molecule has 1 aliphatic rings. The van der Waals surface area contributed by atoms with Crippen LogP contribution in [0.15, 0.2) is 59.7 Å². The highest BCUT2D eigenvalue weighted by atomic mass is 19.4. The number of carbonyl (C=O) groups excluding carboxylic acids is 1. The summed E-state index contributed by atoms with van der Waals surface area (Å²) in [6, 6.07) is 8.84. The first-order chi connectivity index (χ1) is 15.6. The smallest absolute Gasteiger partial charge is 0.384 e. The molecule has 1 fully saturated rings. The van der Waals surface area contributed by atoms with E-state index in [0.29, 0.717) is 5.69 Å². The van der Waals surface area contributed by atoms with Crippen LogP contribution in [0.4, 0.5) is 30.2 Å². The van der Waals surface area contributed by atoms with Crippen LogP contribution in [-0.2, 0) is 6.18 Å². The Morgan fingerprint density at radius 3 is 2.55 bits per heavy atom. The molecule has 1 aliphatic heterocycles. The lowest BCUT2D eigenvalue weighted by atomic mass is 10.1. The van der Waals surface area contributed by atoms with Gasteiger partial charge >= 0.3 is 6.18 Å². The topological polar surface area (TPSA) is 114 Å². The third-order valence-corrected chi connectivity index (χ3v) is 5.05. The number of nitrogens with zero attached hydrogens (tertiary/aromatic N) is 3. The van der Waals surface area contributed by atoms with Crippen LogP contribution in [0, 0.1) is 10.1 Å². The van der Waals surface area contributed by atoms with Crippen LogP contribution in [0.1, 0.15) is 35.2 Å². The van der Waals surface area contributed by atoms with Gasteiger partial charge in [0.15, 0.2) is 0 Å². The predicted octanol–water partition coefficient (Wildman–Crippen LogP) is 4.73. The monoisotopic (exact) mass is 461 g/mol. The molecule has 1 saturated heterocycles. The van der Waals surface area contributed by atoms with Crippen LogP contribution in [0.2, 0.25) is 0 Å². The van der Waals surface area contributed by atoms with Gasteiger partial charge in [-0.15, -0.1) is 0 Å². The number of hydrogen-bond acceptors (Lipinski definition) is 5. The number of anilines is 2. The van der Waals surface area contributed by atoms with E-state index in [9.17, 15) is 28.1 Å². The third-order valence-electron chi connectivity index (χ3n) is 5.05. The van der Waals surface area contributed by atoms with Crippen molar-refractivity contribution in [3.63, 3.8) is 0 Å². The maximum Gasteiger partial charge on any atom is 0.416 e. The van der Waals surface area contributed by atoms with Crippen molar-refractivity contribution < 1.29 is 22.9 Å². The van der Waals surface area contributed by atoms with Crippen molar-refractivity contribution >= 4 is 28.8 Å². The number of nitrogens with two attached hydrogens (primary N) is 1. The second-order valence-corrected chi connectivity index (χ2v) is 7.40. The quantitative estimate of drug-likeness (QED) is 0.278. The Labute approximate surface area is 187 Å². The SMILES string of the molecule is NC(/C=C\Nc1cccc(C(F)(F)F)c1)=NC(=O)c1cc(N2CCCCC2)ccc1[N+](=O)[O-]. The van der Waals surface area contributed by atoms with E-state index in [2.05, 4.69) is 15.2 Å². The fourth-order valence-corrected chi connectivity index (χ4v) is 3.43. The number of rotatable bonds is 6. The lowest BCUT2D eigenvalue weighted by Gasteiger charge is -2.28. The lowest BCUT2D eigenvalue weighted by molar-refractivity contribution is -0.385. The summed E-state index contributed by atoms with van der Waals surface area (Å²) in [6.07, 6.45) is 1.02. The Balaban J connectivity index is 1.76. The highest BCUT2D eigenvalue weighted by Gasteiger charge is 2.30. The summed E-state index contributed by atoms with van der Waals surface area (Å²) in [6.45, 7) is 1.58. The number of benzene rings is 2.